The van der Waals surface area contributed by atoms with E-state index >= 15 is 0 Å². The summed E-state index contributed by atoms with van der Waals surface area (Å²) in [6.45, 7) is 8.47. The van der Waals surface area contributed by atoms with Gasteiger partial charge in [-0.15, -0.1) is 13.2 Å². The van der Waals surface area contributed by atoms with E-state index in [1.165, 1.54) is 0 Å². The topological polar surface area (TPSA) is 46.3 Å². The molecule has 1 aliphatic carbocycles. The van der Waals surface area contributed by atoms with E-state index in [4.69, 9.17) is 5.73 Å². The molecular weight excluding hydrogens is 212 g/mol. The summed E-state index contributed by atoms with van der Waals surface area (Å²) < 4.78 is 0. The van der Waals surface area contributed by atoms with Gasteiger partial charge in [0, 0.05) is 12.1 Å². The zero-order valence-electron chi connectivity index (χ0n) is 10.5. The minimum absolute atomic E-state index is 0.102. The van der Waals surface area contributed by atoms with E-state index in [9.17, 15) is 4.79 Å². The van der Waals surface area contributed by atoms with Gasteiger partial charge >= 0.3 is 0 Å². The zero-order valence-corrected chi connectivity index (χ0v) is 10.5. The SMILES string of the molecule is C=CCC1(CC=C)CCCN1C(=O)C1(N)CC1. The molecule has 1 aliphatic heterocycles. The summed E-state index contributed by atoms with van der Waals surface area (Å²) in [6.07, 6.45) is 9.25. The van der Waals surface area contributed by atoms with Crippen LogP contribution < -0.4 is 5.73 Å². The van der Waals surface area contributed by atoms with Crippen molar-refractivity contribution in [2.75, 3.05) is 6.54 Å². The third-order valence-corrected chi connectivity index (χ3v) is 4.10. The van der Waals surface area contributed by atoms with Crippen LogP contribution in [0.25, 0.3) is 0 Å². The van der Waals surface area contributed by atoms with Crippen LogP contribution in [0.1, 0.15) is 38.5 Å². The van der Waals surface area contributed by atoms with Crippen molar-refractivity contribution in [1.29, 1.82) is 0 Å². The molecule has 1 amide bonds. The van der Waals surface area contributed by atoms with Crippen molar-refractivity contribution in [3.8, 4) is 0 Å². The Morgan fingerprint density at radius 1 is 1.24 bits per heavy atom. The zero-order chi connectivity index (χ0) is 12.5. The predicted octanol–water partition coefficient (Wildman–Crippen LogP) is 1.99. The van der Waals surface area contributed by atoms with Crippen LogP contribution in [0.2, 0.25) is 0 Å². The fourth-order valence-corrected chi connectivity index (χ4v) is 2.92. The molecular formula is C14H22N2O. The number of amides is 1. The lowest BCUT2D eigenvalue weighted by atomic mass is 9.87. The Hall–Kier alpha value is -1.09. The maximum atomic E-state index is 12.4. The first-order valence-corrected chi connectivity index (χ1v) is 6.41. The molecule has 94 valence electrons. The summed E-state index contributed by atoms with van der Waals surface area (Å²) in [7, 11) is 0. The van der Waals surface area contributed by atoms with Crippen molar-refractivity contribution in [1.82, 2.24) is 4.90 Å². The van der Waals surface area contributed by atoms with Crippen LogP contribution in [0.3, 0.4) is 0 Å². The monoisotopic (exact) mass is 234 g/mol. The molecule has 0 aromatic rings. The maximum Gasteiger partial charge on any atom is 0.243 e. The van der Waals surface area contributed by atoms with E-state index in [0.717, 1.165) is 45.1 Å². The third kappa shape index (κ3) is 2.04. The van der Waals surface area contributed by atoms with Crippen LogP contribution in [-0.4, -0.2) is 28.4 Å². The first kappa shape index (κ1) is 12.4. The van der Waals surface area contributed by atoms with Crippen molar-refractivity contribution in [3.05, 3.63) is 25.3 Å². The quantitative estimate of drug-likeness (QED) is 0.739. The van der Waals surface area contributed by atoms with E-state index in [2.05, 4.69) is 13.2 Å². The molecule has 0 aromatic carbocycles. The van der Waals surface area contributed by atoms with Crippen LogP contribution in [-0.2, 0) is 4.79 Å². The van der Waals surface area contributed by atoms with Gasteiger partial charge in [-0.25, -0.2) is 0 Å². The summed E-state index contributed by atoms with van der Waals surface area (Å²) in [5.74, 6) is 0.138. The van der Waals surface area contributed by atoms with Gasteiger partial charge in [-0.3, -0.25) is 4.79 Å². The number of hydrogen-bond acceptors (Lipinski definition) is 2. The Morgan fingerprint density at radius 3 is 2.29 bits per heavy atom. The first-order valence-electron chi connectivity index (χ1n) is 6.41. The average Bonchev–Trinajstić information content (AvgIpc) is 2.91. The van der Waals surface area contributed by atoms with Crippen molar-refractivity contribution < 1.29 is 4.79 Å². The fourth-order valence-electron chi connectivity index (χ4n) is 2.92. The molecule has 2 aliphatic rings. The van der Waals surface area contributed by atoms with Gasteiger partial charge in [0.15, 0.2) is 0 Å². The van der Waals surface area contributed by atoms with Gasteiger partial charge in [0.2, 0.25) is 5.91 Å². The molecule has 0 atom stereocenters. The Bertz CT molecular complexity index is 334. The van der Waals surface area contributed by atoms with Gasteiger partial charge in [0.25, 0.3) is 0 Å². The summed E-state index contributed by atoms with van der Waals surface area (Å²) >= 11 is 0. The van der Waals surface area contributed by atoms with Crippen LogP contribution in [0.15, 0.2) is 25.3 Å². The number of carbonyl (C=O) groups is 1. The van der Waals surface area contributed by atoms with E-state index in [1.807, 2.05) is 17.1 Å². The molecule has 0 aromatic heterocycles. The number of hydrogen-bond donors (Lipinski definition) is 1. The molecule has 3 nitrogen and oxygen atoms in total. The standard InChI is InChI=1S/C14H22N2O/c1-3-6-13(7-4-2)8-5-11-16(13)12(17)14(15)9-10-14/h3-4H,1-2,5-11,15H2. The minimum Gasteiger partial charge on any atom is -0.335 e. The lowest BCUT2D eigenvalue weighted by Crippen LogP contribution is -2.54. The maximum absolute atomic E-state index is 12.4. The number of carbonyl (C=O) groups excluding carboxylic acids is 1. The molecule has 0 unspecified atom stereocenters. The molecule has 0 bridgehead atoms. The molecule has 1 saturated carbocycles. The minimum atomic E-state index is -0.558. The van der Waals surface area contributed by atoms with E-state index in [1.54, 1.807) is 0 Å². The van der Waals surface area contributed by atoms with Gasteiger partial charge in [0.05, 0.1) is 5.54 Å². The molecule has 0 radical (unpaired) electrons. The highest BCUT2D eigenvalue weighted by atomic mass is 16.2. The number of likely N-dealkylation sites (tertiary alicyclic amines) is 1. The van der Waals surface area contributed by atoms with E-state index in [0.29, 0.717) is 0 Å². The molecule has 2 N–H and O–H groups in total. The second-order valence-corrected chi connectivity index (χ2v) is 5.43. The normalized spacial score (nSPS) is 24.4. The summed E-state index contributed by atoms with van der Waals surface area (Å²) in [4.78, 5) is 14.4. The fraction of sp³-hybridized carbons (Fsp3) is 0.643. The van der Waals surface area contributed by atoms with Gasteiger partial charge in [-0.2, -0.15) is 0 Å². The van der Waals surface area contributed by atoms with Crippen LogP contribution in [0, 0.1) is 0 Å². The summed E-state index contributed by atoms with van der Waals surface area (Å²) in [5.41, 5.74) is 5.38. The third-order valence-electron chi connectivity index (χ3n) is 4.10. The molecule has 0 spiro atoms. The lowest BCUT2D eigenvalue weighted by Gasteiger charge is -2.39. The second kappa shape index (κ2) is 4.30. The molecule has 3 heteroatoms. The molecule has 17 heavy (non-hydrogen) atoms. The van der Waals surface area contributed by atoms with Crippen LogP contribution >= 0.6 is 0 Å². The average molecular weight is 234 g/mol. The van der Waals surface area contributed by atoms with Crippen molar-refractivity contribution in [2.24, 2.45) is 5.73 Å². The van der Waals surface area contributed by atoms with Crippen molar-refractivity contribution in [3.63, 3.8) is 0 Å². The molecule has 1 saturated heterocycles. The summed E-state index contributed by atoms with van der Waals surface area (Å²) in [6, 6.07) is 0. The molecule has 2 rings (SSSR count). The highest BCUT2D eigenvalue weighted by Crippen LogP contribution is 2.42. The van der Waals surface area contributed by atoms with E-state index in [-0.39, 0.29) is 11.4 Å². The Labute approximate surface area is 103 Å². The molecule has 2 fully saturated rings. The number of nitrogens with zero attached hydrogens (tertiary/aromatic N) is 1. The number of nitrogens with two attached hydrogens (primary N) is 1. The lowest BCUT2D eigenvalue weighted by molar-refractivity contribution is -0.137. The highest BCUT2D eigenvalue weighted by molar-refractivity contribution is 5.90. The predicted molar refractivity (Wildman–Crippen MR) is 69.5 cm³/mol. The molecule has 1 heterocycles. The van der Waals surface area contributed by atoms with Crippen molar-refractivity contribution in [2.45, 2.75) is 49.6 Å². The van der Waals surface area contributed by atoms with Gasteiger partial charge in [-0.1, -0.05) is 12.2 Å². The van der Waals surface area contributed by atoms with Gasteiger partial charge < -0.3 is 10.6 Å². The largest absolute Gasteiger partial charge is 0.335 e. The number of rotatable bonds is 5. The highest BCUT2D eigenvalue weighted by Gasteiger charge is 2.53. The van der Waals surface area contributed by atoms with E-state index < -0.39 is 5.54 Å². The Kier molecular flexibility index (Phi) is 3.13. The first-order chi connectivity index (χ1) is 8.08. The van der Waals surface area contributed by atoms with Gasteiger partial charge in [0.1, 0.15) is 0 Å². The summed E-state index contributed by atoms with van der Waals surface area (Å²) in [5, 5.41) is 0. The second-order valence-electron chi connectivity index (χ2n) is 5.43. The Balaban J connectivity index is 2.21. The van der Waals surface area contributed by atoms with Crippen LogP contribution in [0.4, 0.5) is 0 Å². The van der Waals surface area contributed by atoms with Crippen LogP contribution in [0.5, 0.6) is 0 Å². The van der Waals surface area contributed by atoms with Gasteiger partial charge in [-0.05, 0) is 38.5 Å². The Morgan fingerprint density at radius 2 is 1.82 bits per heavy atom. The van der Waals surface area contributed by atoms with Crippen molar-refractivity contribution >= 4 is 5.91 Å². The smallest absolute Gasteiger partial charge is 0.243 e.